The molecule has 6 heteroatoms. The smallest absolute Gasteiger partial charge is 0.258 e. The van der Waals surface area contributed by atoms with Gasteiger partial charge in [-0.15, -0.1) is 0 Å². The summed E-state index contributed by atoms with van der Waals surface area (Å²) in [6.45, 7) is 4.93. The highest BCUT2D eigenvalue weighted by molar-refractivity contribution is 7.89. The summed E-state index contributed by atoms with van der Waals surface area (Å²) in [7, 11) is -3.61. The lowest BCUT2D eigenvalue weighted by atomic mass is 10.1. The second-order valence-corrected chi connectivity index (χ2v) is 10.1. The van der Waals surface area contributed by atoms with E-state index in [0.717, 1.165) is 43.4 Å². The number of benzene rings is 2. The number of nitrogens with zero attached hydrogens (tertiary/aromatic N) is 2. The van der Waals surface area contributed by atoms with Crippen LogP contribution in [0.1, 0.15) is 54.1 Å². The molecule has 2 aliphatic heterocycles. The van der Waals surface area contributed by atoms with Crippen LogP contribution < -0.4 is 4.90 Å². The van der Waals surface area contributed by atoms with Gasteiger partial charge < -0.3 is 4.90 Å². The van der Waals surface area contributed by atoms with Crippen molar-refractivity contribution in [1.82, 2.24) is 4.31 Å². The van der Waals surface area contributed by atoms with E-state index in [0.29, 0.717) is 24.2 Å². The Bertz CT molecular complexity index is 1020. The van der Waals surface area contributed by atoms with E-state index < -0.39 is 10.0 Å². The van der Waals surface area contributed by atoms with Gasteiger partial charge in [0, 0.05) is 30.4 Å². The van der Waals surface area contributed by atoms with Crippen LogP contribution in [0.3, 0.4) is 0 Å². The lowest BCUT2D eigenvalue weighted by Gasteiger charge is -2.24. The zero-order valence-electron chi connectivity index (χ0n) is 17.1. The molecule has 0 saturated carbocycles. The zero-order chi connectivity index (χ0) is 20.6. The van der Waals surface area contributed by atoms with Gasteiger partial charge in [-0.05, 0) is 62.4 Å². The molecule has 154 valence electrons. The van der Waals surface area contributed by atoms with Crippen molar-refractivity contribution in [2.45, 2.75) is 56.9 Å². The molecule has 2 aromatic carbocycles. The van der Waals surface area contributed by atoms with Crippen LogP contribution in [0.15, 0.2) is 47.4 Å². The number of aryl methyl sites for hydroxylation is 1. The second-order valence-electron chi connectivity index (χ2n) is 8.16. The van der Waals surface area contributed by atoms with E-state index in [4.69, 9.17) is 0 Å². The molecule has 29 heavy (non-hydrogen) atoms. The number of hydrogen-bond donors (Lipinski definition) is 0. The van der Waals surface area contributed by atoms with Gasteiger partial charge in [-0.2, -0.15) is 4.31 Å². The minimum absolute atomic E-state index is 0.0480. The molecule has 0 unspecified atom stereocenters. The number of hydrogen-bond acceptors (Lipinski definition) is 3. The molecule has 0 radical (unpaired) electrons. The quantitative estimate of drug-likeness (QED) is 0.761. The van der Waals surface area contributed by atoms with E-state index in [1.54, 1.807) is 34.3 Å². The number of para-hydroxylation sites is 1. The van der Waals surface area contributed by atoms with Gasteiger partial charge in [0.05, 0.1) is 4.90 Å². The number of anilines is 1. The molecule has 0 N–H and O–H groups in total. The van der Waals surface area contributed by atoms with Crippen molar-refractivity contribution < 1.29 is 13.2 Å². The molecule has 1 amide bonds. The van der Waals surface area contributed by atoms with Gasteiger partial charge in [0.1, 0.15) is 0 Å². The molecule has 5 nitrogen and oxygen atoms in total. The van der Waals surface area contributed by atoms with Gasteiger partial charge in [0.25, 0.3) is 5.91 Å². The lowest BCUT2D eigenvalue weighted by molar-refractivity contribution is 0.0981. The summed E-state index contributed by atoms with van der Waals surface area (Å²) >= 11 is 0. The zero-order valence-corrected chi connectivity index (χ0v) is 17.9. The fourth-order valence-corrected chi connectivity index (χ4v) is 6.21. The first-order valence-electron chi connectivity index (χ1n) is 10.4. The number of fused-ring (bicyclic) bond motifs is 1. The Balaban J connectivity index is 1.69. The van der Waals surface area contributed by atoms with E-state index >= 15 is 0 Å². The van der Waals surface area contributed by atoms with Gasteiger partial charge in [-0.25, -0.2) is 8.42 Å². The van der Waals surface area contributed by atoms with Crippen LogP contribution in [0, 0.1) is 6.92 Å². The number of rotatable bonds is 3. The average Bonchev–Trinajstić information content (AvgIpc) is 2.86. The molecule has 0 spiro atoms. The van der Waals surface area contributed by atoms with Gasteiger partial charge >= 0.3 is 0 Å². The summed E-state index contributed by atoms with van der Waals surface area (Å²) in [4.78, 5) is 15.4. The van der Waals surface area contributed by atoms with Crippen molar-refractivity contribution in [3.8, 4) is 0 Å². The summed E-state index contributed by atoms with van der Waals surface area (Å²) in [6.07, 6.45) is 4.72. The summed E-state index contributed by atoms with van der Waals surface area (Å²) < 4.78 is 28.2. The second kappa shape index (κ2) is 7.92. The number of carbonyl (C=O) groups excluding carboxylic acids is 1. The molecule has 4 rings (SSSR count). The number of carbonyl (C=O) groups is 1. The maximum absolute atomic E-state index is 13.4. The summed E-state index contributed by atoms with van der Waals surface area (Å²) in [5.41, 5.74) is 3.17. The fraction of sp³-hybridized carbons (Fsp3) is 0.435. The van der Waals surface area contributed by atoms with Crippen LogP contribution in [-0.2, 0) is 16.4 Å². The molecular weight excluding hydrogens is 384 g/mol. The highest BCUT2D eigenvalue weighted by atomic mass is 32.2. The van der Waals surface area contributed by atoms with Crippen LogP contribution in [-0.4, -0.2) is 37.8 Å². The van der Waals surface area contributed by atoms with Crippen molar-refractivity contribution in [2.75, 3.05) is 18.0 Å². The normalized spacial score (nSPS) is 20.3. The molecular formula is C23H28N2O3S. The highest BCUT2D eigenvalue weighted by Crippen LogP contribution is 2.34. The molecule has 1 saturated heterocycles. The Labute approximate surface area is 173 Å². The van der Waals surface area contributed by atoms with Crippen molar-refractivity contribution in [3.05, 3.63) is 59.2 Å². The molecule has 0 bridgehead atoms. The maximum atomic E-state index is 13.4. The standard InChI is InChI=1S/C23H28N2O3S/c1-17-11-12-20(16-22(17)29(27,28)24-13-7-3-4-8-14-24)23(26)25-18(2)15-19-9-5-6-10-21(19)25/h5-6,9-12,16,18H,3-4,7-8,13-15H2,1-2H3/t18-/m0/s1. The topological polar surface area (TPSA) is 57.7 Å². The van der Waals surface area contributed by atoms with Gasteiger partial charge in [-0.3, -0.25) is 4.79 Å². The van der Waals surface area contributed by atoms with Crippen molar-refractivity contribution in [3.63, 3.8) is 0 Å². The Hall–Kier alpha value is -2.18. The third kappa shape index (κ3) is 3.71. The Morgan fingerprint density at radius 2 is 1.69 bits per heavy atom. The minimum atomic E-state index is -3.61. The fourth-order valence-electron chi connectivity index (χ4n) is 4.45. The van der Waals surface area contributed by atoms with E-state index in [-0.39, 0.29) is 16.8 Å². The van der Waals surface area contributed by atoms with Crippen molar-refractivity contribution >= 4 is 21.6 Å². The van der Waals surface area contributed by atoms with E-state index in [2.05, 4.69) is 0 Å². The molecule has 1 fully saturated rings. The predicted octanol–water partition coefficient (Wildman–Crippen LogP) is 4.15. The monoisotopic (exact) mass is 412 g/mol. The molecule has 1 atom stereocenters. The summed E-state index contributed by atoms with van der Waals surface area (Å²) in [5.74, 6) is -0.144. The third-order valence-corrected chi connectivity index (χ3v) is 8.08. The minimum Gasteiger partial charge on any atom is -0.305 e. The first-order chi connectivity index (χ1) is 13.9. The van der Waals surface area contributed by atoms with Gasteiger partial charge in [0.2, 0.25) is 10.0 Å². The third-order valence-electron chi connectivity index (χ3n) is 6.04. The largest absolute Gasteiger partial charge is 0.305 e. The average molecular weight is 413 g/mol. The number of sulfonamides is 1. The van der Waals surface area contributed by atoms with Gasteiger partial charge in [0.15, 0.2) is 0 Å². The van der Waals surface area contributed by atoms with Crippen LogP contribution in [0.25, 0.3) is 0 Å². The van der Waals surface area contributed by atoms with Crippen molar-refractivity contribution in [2.24, 2.45) is 0 Å². The van der Waals surface area contributed by atoms with E-state index in [1.807, 2.05) is 31.2 Å². The molecule has 2 aromatic rings. The highest BCUT2D eigenvalue weighted by Gasteiger charge is 2.33. The lowest BCUT2D eigenvalue weighted by Crippen LogP contribution is -2.36. The van der Waals surface area contributed by atoms with Crippen molar-refractivity contribution in [1.29, 1.82) is 0 Å². The number of amides is 1. The summed E-state index contributed by atoms with van der Waals surface area (Å²) in [6, 6.07) is 13.0. The van der Waals surface area contributed by atoms with Crippen LogP contribution in [0.2, 0.25) is 0 Å². The van der Waals surface area contributed by atoms with Gasteiger partial charge in [-0.1, -0.05) is 37.1 Å². The summed E-state index contributed by atoms with van der Waals surface area (Å²) in [5, 5.41) is 0. The van der Waals surface area contributed by atoms with E-state index in [9.17, 15) is 13.2 Å². The van der Waals surface area contributed by atoms with Crippen LogP contribution in [0.5, 0.6) is 0 Å². The molecule has 0 aromatic heterocycles. The maximum Gasteiger partial charge on any atom is 0.258 e. The first-order valence-corrected chi connectivity index (χ1v) is 11.9. The SMILES string of the molecule is Cc1ccc(C(=O)N2c3ccccc3C[C@@H]2C)cc1S(=O)(=O)N1CCCCCC1. The van der Waals surface area contributed by atoms with Crippen LogP contribution >= 0.6 is 0 Å². The molecule has 2 aliphatic rings. The Morgan fingerprint density at radius 1 is 1.00 bits per heavy atom. The van der Waals surface area contributed by atoms with E-state index in [1.165, 1.54) is 0 Å². The Kier molecular flexibility index (Phi) is 5.49. The molecule has 0 aliphatic carbocycles. The van der Waals surface area contributed by atoms with Crippen LogP contribution in [0.4, 0.5) is 5.69 Å². The molecule has 2 heterocycles. The first kappa shape index (κ1) is 20.1. The Morgan fingerprint density at radius 3 is 2.41 bits per heavy atom. The predicted molar refractivity (Wildman–Crippen MR) is 115 cm³/mol.